The molecule has 26 heavy (non-hydrogen) atoms. The summed E-state index contributed by atoms with van der Waals surface area (Å²) in [5, 5.41) is 2.68. The number of nitrogens with zero attached hydrogens (tertiary/aromatic N) is 1. The Morgan fingerprint density at radius 2 is 1.81 bits per heavy atom. The fourth-order valence-corrected chi connectivity index (χ4v) is 6.13. The molecule has 0 unspecified atom stereocenters. The predicted octanol–water partition coefficient (Wildman–Crippen LogP) is 2.92. The van der Waals surface area contributed by atoms with Gasteiger partial charge in [-0.05, 0) is 48.5 Å². The summed E-state index contributed by atoms with van der Waals surface area (Å²) in [6, 6.07) is 8.11. The fraction of sp³-hybridized carbons (Fsp3) is 0.579. The number of nitrogens with one attached hydrogen (secondary N) is 1. The second-order valence-corrected chi connectivity index (χ2v) is 9.28. The third-order valence-corrected chi connectivity index (χ3v) is 7.82. The Labute approximate surface area is 163 Å². The van der Waals surface area contributed by atoms with Crippen LogP contribution >= 0.6 is 23.5 Å². The Morgan fingerprint density at radius 3 is 2.42 bits per heavy atom. The van der Waals surface area contributed by atoms with Crippen LogP contribution in [-0.2, 0) is 9.59 Å². The van der Waals surface area contributed by atoms with E-state index >= 15 is 0 Å². The van der Waals surface area contributed by atoms with Crippen molar-refractivity contribution in [1.29, 1.82) is 0 Å². The van der Waals surface area contributed by atoms with Crippen molar-refractivity contribution >= 4 is 35.3 Å². The summed E-state index contributed by atoms with van der Waals surface area (Å²) in [6.45, 7) is 1.29. The summed E-state index contributed by atoms with van der Waals surface area (Å²) in [6.07, 6.45) is 2.73. The van der Waals surface area contributed by atoms with E-state index < -0.39 is 0 Å². The van der Waals surface area contributed by atoms with Gasteiger partial charge in [-0.1, -0.05) is 12.1 Å². The standard InChI is InChI=1S/C19H26N2O3S2/c1-20-18(23)14-7-9-21(10-8-14)17(22)13-24-16-5-3-15(4-6-16)19-25-11-2-12-26-19/h3-6,14,19H,2,7-13H2,1H3,(H,20,23). The number of hydrogen-bond donors (Lipinski definition) is 1. The highest BCUT2D eigenvalue weighted by Gasteiger charge is 2.26. The van der Waals surface area contributed by atoms with Crippen molar-refractivity contribution in [2.75, 3.05) is 38.2 Å². The highest BCUT2D eigenvalue weighted by molar-refractivity contribution is 8.16. The summed E-state index contributed by atoms with van der Waals surface area (Å²) in [7, 11) is 1.66. The minimum absolute atomic E-state index is 0.0113. The molecule has 1 N–H and O–H groups in total. The van der Waals surface area contributed by atoms with Crippen LogP contribution in [0.2, 0.25) is 0 Å². The molecule has 3 rings (SSSR count). The first-order valence-corrected chi connectivity index (χ1v) is 11.2. The predicted molar refractivity (Wildman–Crippen MR) is 108 cm³/mol. The molecule has 2 saturated heterocycles. The number of amides is 2. The topological polar surface area (TPSA) is 58.6 Å². The van der Waals surface area contributed by atoms with Gasteiger partial charge in [0.25, 0.3) is 5.91 Å². The molecule has 1 aromatic carbocycles. The largest absolute Gasteiger partial charge is 0.484 e. The van der Waals surface area contributed by atoms with Crippen LogP contribution in [-0.4, -0.2) is 55.0 Å². The van der Waals surface area contributed by atoms with Gasteiger partial charge >= 0.3 is 0 Å². The van der Waals surface area contributed by atoms with Crippen molar-refractivity contribution in [2.45, 2.75) is 23.8 Å². The third kappa shape index (κ3) is 5.10. The van der Waals surface area contributed by atoms with Crippen molar-refractivity contribution in [1.82, 2.24) is 10.2 Å². The van der Waals surface area contributed by atoms with Gasteiger partial charge in [0.05, 0.1) is 4.58 Å². The summed E-state index contributed by atoms with van der Waals surface area (Å²) >= 11 is 3.99. The Hall–Kier alpha value is -1.34. The average Bonchev–Trinajstić information content (AvgIpc) is 2.72. The zero-order valence-electron chi connectivity index (χ0n) is 15.1. The van der Waals surface area contributed by atoms with Gasteiger partial charge in [0.1, 0.15) is 5.75 Å². The molecule has 2 amide bonds. The normalized spacial score (nSPS) is 19.2. The van der Waals surface area contributed by atoms with E-state index in [1.165, 1.54) is 23.5 Å². The van der Waals surface area contributed by atoms with Gasteiger partial charge in [0, 0.05) is 26.1 Å². The molecule has 2 fully saturated rings. The fourth-order valence-electron chi connectivity index (χ4n) is 3.23. The number of carbonyl (C=O) groups is 2. The molecule has 142 valence electrons. The van der Waals surface area contributed by atoms with Gasteiger partial charge in [0.15, 0.2) is 6.61 Å². The van der Waals surface area contributed by atoms with E-state index in [1.807, 2.05) is 35.7 Å². The highest BCUT2D eigenvalue weighted by atomic mass is 32.2. The molecule has 2 heterocycles. The smallest absolute Gasteiger partial charge is 0.260 e. The van der Waals surface area contributed by atoms with Crippen molar-refractivity contribution in [3.63, 3.8) is 0 Å². The Morgan fingerprint density at radius 1 is 1.15 bits per heavy atom. The molecule has 1 aromatic rings. The zero-order valence-corrected chi connectivity index (χ0v) is 16.7. The number of thioether (sulfide) groups is 2. The molecule has 0 saturated carbocycles. The van der Waals surface area contributed by atoms with Crippen molar-refractivity contribution in [2.24, 2.45) is 5.92 Å². The summed E-state index contributed by atoms with van der Waals surface area (Å²) in [5.74, 6) is 3.26. The number of hydrogen-bond acceptors (Lipinski definition) is 5. The molecular weight excluding hydrogens is 368 g/mol. The minimum Gasteiger partial charge on any atom is -0.484 e. The lowest BCUT2D eigenvalue weighted by Crippen LogP contribution is -2.44. The van der Waals surface area contributed by atoms with Gasteiger partial charge in [-0.15, -0.1) is 23.5 Å². The van der Waals surface area contributed by atoms with Gasteiger partial charge < -0.3 is 15.0 Å². The van der Waals surface area contributed by atoms with Crippen LogP contribution in [0.4, 0.5) is 0 Å². The molecule has 0 radical (unpaired) electrons. The van der Waals surface area contributed by atoms with Crippen LogP contribution in [0.5, 0.6) is 5.75 Å². The summed E-state index contributed by atoms with van der Waals surface area (Å²) in [4.78, 5) is 25.8. The maximum Gasteiger partial charge on any atom is 0.260 e. The lowest BCUT2D eigenvalue weighted by atomic mass is 9.96. The van der Waals surface area contributed by atoms with E-state index in [4.69, 9.17) is 4.74 Å². The number of benzene rings is 1. The summed E-state index contributed by atoms with van der Waals surface area (Å²) < 4.78 is 6.19. The second kappa shape index (κ2) is 9.55. The molecule has 7 heteroatoms. The van der Waals surface area contributed by atoms with E-state index in [2.05, 4.69) is 17.4 Å². The van der Waals surface area contributed by atoms with E-state index in [0.717, 1.165) is 18.6 Å². The van der Waals surface area contributed by atoms with Crippen LogP contribution in [0.25, 0.3) is 0 Å². The first kappa shape index (κ1) is 19.4. The molecule has 0 aromatic heterocycles. The molecule has 0 aliphatic carbocycles. The van der Waals surface area contributed by atoms with E-state index in [9.17, 15) is 9.59 Å². The lowest BCUT2D eigenvalue weighted by molar-refractivity contribution is -0.137. The van der Waals surface area contributed by atoms with Crippen LogP contribution < -0.4 is 10.1 Å². The number of carbonyl (C=O) groups excluding carboxylic acids is 2. The quantitative estimate of drug-likeness (QED) is 0.832. The molecule has 2 aliphatic rings. The van der Waals surface area contributed by atoms with Crippen LogP contribution in [0, 0.1) is 5.92 Å². The Kier molecular flexibility index (Phi) is 7.14. The van der Waals surface area contributed by atoms with Crippen molar-refractivity contribution < 1.29 is 14.3 Å². The van der Waals surface area contributed by atoms with Crippen molar-refractivity contribution in [3.8, 4) is 5.75 Å². The van der Waals surface area contributed by atoms with Crippen LogP contribution in [0.3, 0.4) is 0 Å². The first-order chi connectivity index (χ1) is 12.7. The van der Waals surface area contributed by atoms with E-state index in [-0.39, 0.29) is 24.3 Å². The molecule has 5 nitrogen and oxygen atoms in total. The van der Waals surface area contributed by atoms with Crippen molar-refractivity contribution in [3.05, 3.63) is 29.8 Å². The molecule has 0 atom stereocenters. The van der Waals surface area contributed by atoms with Crippen LogP contribution in [0.15, 0.2) is 24.3 Å². The Balaban J connectivity index is 1.44. The minimum atomic E-state index is -0.0113. The van der Waals surface area contributed by atoms with Gasteiger partial charge in [-0.25, -0.2) is 0 Å². The molecule has 0 spiro atoms. The van der Waals surface area contributed by atoms with E-state index in [0.29, 0.717) is 17.7 Å². The van der Waals surface area contributed by atoms with Gasteiger partial charge in [-0.2, -0.15) is 0 Å². The first-order valence-electron chi connectivity index (χ1n) is 9.12. The number of piperidine rings is 1. The number of ether oxygens (including phenoxy) is 1. The molecular formula is C19H26N2O3S2. The average molecular weight is 395 g/mol. The monoisotopic (exact) mass is 394 g/mol. The second-order valence-electron chi connectivity index (χ2n) is 6.55. The zero-order chi connectivity index (χ0) is 18.4. The highest BCUT2D eigenvalue weighted by Crippen LogP contribution is 2.43. The van der Waals surface area contributed by atoms with Gasteiger partial charge in [-0.3, -0.25) is 9.59 Å². The molecule has 0 bridgehead atoms. The van der Waals surface area contributed by atoms with Crippen LogP contribution in [0.1, 0.15) is 29.4 Å². The third-order valence-electron chi connectivity index (χ3n) is 4.81. The maximum atomic E-state index is 12.3. The maximum absolute atomic E-state index is 12.3. The van der Waals surface area contributed by atoms with E-state index in [1.54, 1.807) is 11.9 Å². The molecule has 2 aliphatic heterocycles. The number of likely N-dealkylation sites (tertiary alicyclic amines) is 1. The SMILES string of the molecule is CNC(=O)C1CCN(C(=O)COc2ccc(C3SCCCS3)cc2)CC1. The Bertz CT molecular complexity index is 610. The summed E-state index contributed by atoms with van der Waals surface area (Å²) in [5.41, 5.74) is 1.31. The lowest BCUT2D eigenvalue weighted by Gasteiger charge is -2.31. The number of rotatable bonds is 5. The van der Waals surface area contributed by atoms with Gasteiger partial charge in [0.2, 0.25) is 5.91 Å².